The van der Waals surface area contributed by atoms with Gasteiger partial charge in [-0.05, 0) is 29.7 Å². The number of carbonyl (C=O) groups is 1. The fourth-order valence-corrected chi connectivity index (χ4v) is 4.16. The summed E-state index contributed by atoms with van der Waals surface area (Å²) in [6, 6.07) is 10.1. The highest BCUT2D eigenvalue weighted by Crippen LogP contribution is 2.53. The van der Waals surface area contributed by atoms with Crippen LogP contribution in [0, 0.1) is 30.3 Å². The molecule has 37 heavy (non-hydrogen) atoms. The van der Waals surface area contributed by atoms with Crippen molar-refractivity contribution in [2.24, 2.45) is 0 Å². The SMILES string of the molecule is CCCCOC(=O)c1cc([N+](=O)[O-])cc2c1-c1c(cc([N+](=O)[O-])cc1[N+](=O)[O-])C2=Cc1ccccc1O. The summed E-state index contributed by atoms with van der Waals surface area (Å²) >= 11 is 0. The van der Waals surface area contributed by atoms with Gasteiger partial charge in [0.15, 0.2) is 0 Å². The van der Waals surface area contributed by atoms with Crippen LogP contribution in [0.1, 0.15) is 46.8 Å². The average molecular weight is 505 g/mol. The van der Waals surface area contributed by atoms with Gasteiger partial charge in [-0.25, -0.2) is 4.79 Å². The molecular weight excluding hydrogens is 486 g/mol. The molecule has 3 aromatic carbocycles. The monoisotopic (exact) mass is 505 g/mol. The maximum atomic E-state index is 13.1. The summed E-state index contributed by atoms with van der Waals surface area (Å²) in [6.07, 6.45) is 2.65. The molecule has 0 atom stereocenters. The van der Waals surface area contributed by atoms with Gasteiger partial charge in [0.05, 0.1) is 38.6 Å². The highest BCUT2D eigenvalue weighted by Gasteiger charge is 2.38. The van der Waals surface area contributed by atoms with E-state index in [0.29, 0.717) is 12.8 Å². The van der Waals surface area contributed by atoms with E-state index in [9.17, 15) is 40.2 Å². The number of fused-ring (bicyclic) bond motifs is 3. The Morgan fingerprint density at radius 1 is 0.919 bits per heavy atom. The van der Waals surface area contributed by atoms with Gasteiger partial charge in [-0.15, -0.1) is 0 Å². The van der Waals surface area contributed by atoms with Gasteiger partial charge in [-0.1, -0.05) is 31.5 Å². The molecule has 12 heteroatoms. The quantitative estimate of drug-likeness (QED) is 0.137. The van der Waals surface area contributed by atoms with Crippen molar-refractivity contribution in [3.05, 3.63) is 101 Å². The Bertz CT molecular complexity index is 1510. The normalized spacial score (nSPS) is 12.6. The van der Waals surface area contributed by atoms with Crippen LogP contribution in [-0.4, -0.2) is 32.5 Å². The molecular formula is C25H19N3O9. The van der Waals surface area contributed by atoms with Crippen LogP contribution in [0.3, 0.4) is 0 Å². The molecule has 0 bridgehead atoms. The molecule has 1 N–H and O–H groups in total. The number of phenols is 1. The zero-order chi connectivity index (χ0) is 26.9. The van der Waals surface area contributed by atoms with Crippen LogP contribution in [0.15, 0.2) is 48.5 Å². The summed E-state index contributed by atoms with van der Waals surface area (Å²) < 4.78 is 5.28. The van der Waals surface area contributed by atoms with E-state index < -0.39 is 37.8 Å². The molecule has 1 aliphatic rings. The van der Waals surface area contributed by atoms with Gasteiger partial charge in [0.25, 0.3) is 17.1 Å². The summed E-state index contributed by atoms with van der Waals surface area (Å²) in [5.41, 5.74) is -1.64. The molecule has 0 heterocycles. The molecule has 0 amide bonds. The third kappa shape index (κ3) is 4.59. The molecule has 3 aromatic rings. The number of carbonyl (C=O) groups excluding carboxylic acids is 1. The lowest BCUT2D eigenvalue weighted by molar-refractivity contribution is -0.393. The van der Waals surface area contributed by atoms with Crippen molar-refractivity contribution in [3.63, 3.8) is 0 Å². The van der Waals surface area contributed by atoms with Gasteiger partial charge in [0, 0.05) is 34.9 Å². The number of rotatable bonds is 8. The molecule has 0 fully saturated rings. The molecule has 4 rings (SSSR count). The molecule has 12 nitrogen and oxygen atoms in total. The van der Waals surface area contributed by atoms with Crippen LogP contribution < -0.4 is 0 Å². The lowest BCUT2D eigenvalue weighted by Gasteiger charge is -2.10. The number of esters is 1. The number of aromatic hydroxyl groups is 1. The zero-order valence-corrected chi connectivity index (χ0v) is 19.4. The number of phenolic OH excluding ortho intramolecular Hbond substituents is 1. The number of unbranched alkanes of at least 4 members (excludes halogenated alkanes) is 1. The van der Waals surface area contributed by atoms with Gasteiger partial charge >= 0.3 is 5.97 Å². The fourth-order valence-electron chi connectivity index (χ4n) is 4.16. The first kappa shape index (κ1) is 25.0. The second kappa shape index (κ2) is 9.85. The first-order chi connectivity index (χ1) is 17.6. The number of para-hydroxylation sites is 1. The highest BCUT2D eigenvalue weighted by molar-refractivity contribution is 6.15. The largest absolute Gasteiger partial charge is 0.507 e. The van der Waals surface area contributed by atoms with Crippen molar-refractivity contribution in [3.8, 4) is 16.9 Å². The summed E-state index contributed by atoms with van der Waals surface area (Å²) in [4.78, 5) is 46.1. The van der Waals surface area contributed by atoms with Crippen molar-refractivity contribution in [1.29, 1.82) is 0 Å². The van der Waals surface area contributed by atoms with Crippen molar-refractivity contribution in [2.75, 3.05) is 6.61 Å². The second-order valence-electron chi connectivity index (χ2n) is 8.18. The van der Waals surface area contributed by atoms with Gasteiger partial charge < -0.3 is 9.84 Å². The minimum atomic E-state index is -0.921. The molecule has 0 unspecified atom stereocenters. The van der Waals surface area contributed by atoms with Gasteiger partial charge in [-0.3, -0.25) is 30.3 Å². The Morgan fingerprint density at radius 2 is 1.54 bits per heavy atom. The van der Waals surface area contributed by atoms with Crippen LogP contribution in [0.4, 0.5) is 17.1 Å². The number of nitro benzene ring substituents is 3. The topological polar surface area (TPSA) is 176 Å². The Balaban J connectivity index is 2.12. The summed E-state index contributed by atoms with van der Waals surface area (Å²) in [5, 5.41) is 45.7. The van der Waals surface area contributed by atoms with Crippen molar-refractivity contribution >= 4 is 34.7 Å². The maximum Gasteiger partial charge on any atom is 0.339 e. The van der Waals surface area contributed by atoms with Crippen LogP contribution in [0.5, 0.6) is 5.75 Å². The number of nitrogens with zero attached hydrogens (tertiary/aromatic N) is 3. The minimum absolute atomic E-state index is 0.00892. The summed E-state index contributed by atoms with van der Waals surface area (Å²) in [6.45, 7) is 1.91. The Labute approximate surface area is 208 Å². The van der Waals surface area contributed by atoms with Crippen LogP contribution in [0.25, 0.3) is 22.8 Å². The van der Waals surface area contributed by atoms with Gasteiger partial charge in [-0.2, -0.15) is 0 Å². The lowest BCUT2D eigenvalue weighted by Crippen LogP contribution is -2.09. The standard InChI is InChI=1S/C25H19N3O9/c1-2-3-8-37-25(30)20-12-15(26(31)32)10-18-17(9-14-6-4-5-7-22(14)29)19-11-16(27(33)34)13-21(28(35)36)24(19)23(18)20/h4-7,9-13,29H,2-3,8H2,1H3. The van der Waals surface area contributed by atoms with E-state index >= 15 is 0 Å². The molecule has 0 saturated carbocycles. The van der Waals surface area contributed by atoms with Crippen molar-refractivity contribution in [2.45, 2.75) is 19.8 Å². The van der Waals surface area contributed by atoms with Gasteiger partial charge in [0.1, 0.15) is 5.75 Å². The first-order valence-electron chi connectivity index (χ1n) is 11.1. The van der Waals surface area contributed by atoms with E-state index in [4.69, 9.17) is 4.74 Å². The number of non-ortho nitro benzene ring substituents is 2. The number of hydrogen-bond donors (Lipinski definition) is 1. The third-order valence-corrected chi connectivity index (χ3v) is 5.86. The van der Waals surface area contributed by atoms with Crippen LogP contribution in [-0.2, 0) is 4.74 Å². The molecule has 1 aliphatic carbocycles. The average Bonchev–Trinajstić information content (AvgIpc) is 3.17. The summed E-state index contributed by atoms with van der Waals surface area (Å²) in [5.74, 6) is -1.08. The third-order valence-electron chi connectivity index (χ3n) is 5.86. The predicted molar refractivity (Wildman–Crippen MR) is 132 cm³/mol. The number of hydrogen-bond acceptors (Lipinski definition) is 9. The van der Waals surface area contributed by atoms with E-state index in [2.05, 4.69) is 0 Å². The van der Waals surface area contributed by atoms with Crippen LogP contribution >= 0.6 is 0 Å². The van der Waals surface area contributed by atoms with E-state index in [1.807, 2.05) is 6.92 Å². The maximum absolute atomic E-state index is 13.1. The summed E-state index contributed by atoms with van der Waals surface area (Å²) in [7, 11) is 0. The highest BCUT2D eigenvalue weighted by atomic mass is 16.6. The predicted octanol–water partition coefficient (Wildman–Crippen LogP) is 5.64. The van der Waals surface area contributed by atoms with Crippen LogP contribution in [0.2, 0.25) is 0 Å². The second-order valence-corrected chi connectivity index (χ2v) is 8.18. The van der Waals surface area contributed by atoms with E-state index in [-0.39, 0.29) is 51.3 Å². The Kier molecular flexibility index (Phi) is 6.65. The molecule has 0 aliphatic heterocycles. The molecule has 188 valence electrons. The van der Waals surface area contributed by atoms with E-state index in [1.54, 1.807) is 12.1 Å². The Morgan fingerprint density at radius 3 is 2.14 bits per heavy atom. The Hall–Kier alpha value is -5.13. The van der Waals surface area contributed by atoms with E-state index in [1.165, 1.54) is 18.2 Å². The lowest BCUT2D eigenvalue weighted by atomic mass is 9.96. The minimum Gasteiger partial charge on any atom is -0.507 e. The van der Waals surface area contributed by atoms with Crippen molar-refractivity contribution in [1.82, 2.24) is 0 Å². The first-order valence-corrected chi connectivity index (χ1v) is 11.1. The van der Waals surface area contributed by atoms with Crippen molar-refractivity contribution < 1.29 is 29.4 Å². The fraction of sp³-hybridized carbons (Fsp3) is 0.160. The molecule has 0 radical (unpaired) electrons. The number of nitro groups is 3. The molecule has 0 saturated heterocycles. The van der Waals surface area contributed by atoms with E-state index in [0.717, 1.165) is 24.3 Å². The number of benzene rings is 3. The smallest absolute Gasteiger partial charge is 0.339 e. The zero-order valence-electron chi connectivity index (χ0n) is 19.4. The molecule has 0 aromatic heterocycles. The number of ether oxygens (including phenoxy) is 1. The van der Waals surface area contributed by atoms with Gasteiger partial charge in [0.2, 0.25) is 0 Å². The molecule has 0 spiro atoms.